The lowest BCUT2D eigenvalue weighted by molar-refractivity contribution is -0.136. The van der Waals surface area contributed by atoms with Crippen molar-refractivity contribution in [3.63, 3.8) is 0 Å². The van der Waals surface area contributed by atoms with E-state index in [1.165, 1.54) is 6.07 Å². The molecule has 4 aromatic carbocycles. The van der Waals surface area contributed by atoms with Gasteiger partial charge in [0, 0.05) is 11.5 Å². The minimum atomic E-state index is -1.12. The van der Waals surface area contributed by atoms with Crippen molar-refractivity contribution in [2.45, 2.75) is 12.6 Å². The summed E-state index contributed by atoms with van der Waals surface area (Å²) in [6.07, 6.45) is -0.763. The van der Waals surface area contributed by atoms with Gasteiger partial charge in [-0.05, 0) is 34.7 Å². The average Bonchev–Trinajstić information content (AvgIpc) is 2.91. The van der Waals surface area contributed by atoms with Crippen LogP contribution in [0.5, 0.6) is 5.75 Å². The van der Waals surface area contributed by atoms with Crippen molar-refractivity contribution in [3.05, 3.63) is 125 Å². The Balaban J connectivity index is 1.37. The maximum Gasteiger partial charge on any atom is 0.408 e. The van der Waals surface area contributed by atoms with Crippen LogP contribution >= 0.6 is 0 Å². The van der Waals surface area contributed by atoms with Crippen LogP contribution in [-0.2, 0) is 16.1 Å². The molecule has 0 fully saturated rings. The van der Waals surface area contributed by atoms with Crippen molar-refractivity contribution in [2.24, 2.45) is 0 Å². The summed E-state index contributed by atoms with van der Waals surface area (Å²) in [6.45, 7) is 0.0564. The highest BCUT2D eigenvalue weighted by atomic mass is 16.6. The molecule has 36 heavy (non-hydrogen) atoms. The molecule has 1 heterocycles. The molecule has 0 saturated carbocycles. The van der Waals surface area contributed by atoms with E-state index in [0.717, 1.165) is 10.9 Å². The van der Waals surface area contributed by atoms with Gasteiger partial charge in [0.1, 0.15) is 17.9 Å². The monoisotopic (exact) mass is 479 g/mol. The maximum absolute atomic E-state index is 13.2. The summed E-state index contributed by atoms with van der Waals surface area (Å²) >= 11 is 0. The first-order valence-corrected chi connectivity index (χ1v) is 11.3. The van der Waals surface area contributed by atoms with E-state index in [2.05, 4.69) is 5.32 Å². The van der Waals surface area contributed by atoms with E-state index >= 15 is 0 Å². The number of fused-ring (bicyclic) bond motifs is 3. The van der Waals surface area contributed by atoms with Crippen LogP contribution in [0.25, 0.3) is 21.7 Å². The molecule has 0 aliphatic heterocycles. The Labute approximate surface area is 205 Å². The van der Waals surface area contributed by atoms with Crippen molar-refractivity contribution in [1.29, 1.82) is 0 Å². The van der Waals surface area contributed by atoms with Crippen molar-refractivity contribution in [1.82, 2.24) is 5.32 Å². The molecule has 1 N–H and O–H groups in total. The van der Waals surface area contributed by atoms with Crippen LogP contribution in [0.2, 0.25) is 0 Å². The molecule has 5 rings (SSSR count). The Morgan fingerprint density at radius 1 is 0.778 bits per heavy atom. The van der Waals surface area contributed by atoms with Gasteiger partial charge in [0.05, 0.1) is 5.39 Å². The Morgan fingerprint density at radius 2 is 1.44 bits per heavy atom. The first-order valence-electron chi connectivity index (χ1n) is 11.3. The normalized spacial score (nSPS) is 11.7. The van der Waals surface area contributed by atoms with Gasteiger partial charge in [-0.1, -0.05) is 78.9 Å². The van der Waals surface area contributed by atoms with Crippen LogP contribution in [0, 0.1) is 0 Å². The molecule has 1 amide bonds. The Morgan fingerprint density at radius 3 is 2.19 bits per heavy atom. The lowest BCUT2D eigenvalue weighted by atomic mass is 10.1. The summed E-state index contributed by atoms with van der Waals surface area (Å²) in [5.41, 5.74) is 1.15. The summed E-state index contributed by atoms with van der Waals surface area (Å²) in [5.74, 6) is -0.549. The van der Waals surface area contributed by atoms with Gasteiger partial charge in [-0.15, -0.1) is 0 Å². The number of hydrogen-bond donors (Lipinski definition) is 1. The SMILES string of the molecule is O=C(N[C@@H](C(=O)Oc1ccc2c(c1)oc(=O)c1ccccc12)c1ccccc1)OCc1ccccc1. The smallest absolute Gasteiger partial charge is 0.408 e. The van der Waals surface area contributed by atoms with Crippen LogP contribution in [0.1, 0.15) is 17.2 Å². The van der Waals surface area contributed by atoms with Crippen molar-refractivity contribution in [2.75, 3.05) is 0 Å². The molecule has 5 aromatic rings. The van der Waals surface area contributed by atoms with Gasteiger partial charge in [0.2, 0.25) is 0 Å². The number of rotatable bonds is 6. The van der Waals surface area contributed by atoms with Crippen LogP contribution < -0.4 is 15.7 Å². The zero-order chi connectivity index (χ0) is 24.9. The average molecular weight is 479 g/mol. The molecule has 0 aliphatic carbocycles. The fourth-order valence-electron chi connectivity index (χ4n) is 3.91. The van der Waals surface area contributed by atoms with Crippen molar-refractivity contribution < 1.29 is 23.5 Å². The molecule has 1 aromatic heterocycles. The summed E-state index contributed by atoms with van der Waals surface area (Å²) in [7, 11) is 0. The van der Waals surface area contributed by atoms with Crippen LogP contribution in [0.3, 0.4) is 0 Å². The van der Waals surface area contributed by atoms with E-state index in [4.69, 9.17) is 13.9 Å². The van der Waals surface area contributed by atoms with E-state index in [0.29, 0.717) is 16.3 Å². The Hall–Kier alpha value is -4.91. The highest BCUT2D eigenvalue weighted by molar-refractivity contribution is 6.04. The summed E-state index contributed by atoms with van der Waals surface area (Å²) in [6, 6.07) is 28.8. The number of carbonyl (C=O) groups excluding carboxylic acids is 2. The van der Waals surface area contributed by atoms with Crippen LogP contribution in [-0.4, -0.2) is 12.1 Å². The Kier molecular flexibility index (Phi) is 6.44. The van der Waals surface area contributed by atoms with Gasteiger partial charge >= 0.3 is 17.7 Å². The quantitative estimate of drug-likeness (QED) is 0.149. The first-order chi connectivity index (χ1) is 17.6. The molecule has 1 atom stereocenters. The molecule has 0 unspecified atom stereocenters. The van der Waals surface area contributed by atoms with Gasteiger partial charge in [-0.2, -0.15) is 0 Å². The second kappa shape index (κ2) is 10.1. The van der Waals surface area contributed by atoms with Gasteiger partial charge in [-0.3, -0.25) is 0 Å². The number of amides is 1. The lowest BCUT2D eigenvalue weighted by Crippen LogP contribution is -2.36. The minimum Gasteiger partial charge on any atom is -0.445 e. The number of alkyl carbamates (subject to hydrolysis) is 1. The number of carbonyl (C=O) groups is 2. The second-order valence-corrected chi connectivity index (χ2v) is 8.06. The molecule has 0 saturated heterocycles. The second-order valence-electron chi connectivity index (χ2n) is 8.06. The first kappa shape index (κ1) is 22.9. The maximum atomic E-state index is 13.2. The third-order valence-corrected chi connectivity index (χ3v) is 5.65. The van der Waals surface area contributed by atoms with Crippen molar-refractivity contribution >= 4 is 33.8 Å². The van der Waals surface area contributed by atoms with E-state index in [1.54, 1.807) is 54.6 Å². The van der Waals surface area contributed by atoms with Crippen LogP contribution in [0.15, 0.2) is 112 Å². The number of hydrogen-bond acceptors (Lipinski definition) is 6. The zero-order valence-electron chi connectivity index (χ0n) is 19.0. The summed E-state index contributed by atoms with van der Waals surface area (Å²) in [4.78, 5) is 38.0. The van der Waals surface area contributed by atoms with E-state index in [1.807, 2.05) is 42.5 Å². The predicted molar refractivity (Wildman–Crippen MR) is 135 cm³/mol. The molecule has 7 heteroatoms. The fraction of sp³-hybridized carbons (Fsp3) is 0.0690. The van der Waals surface area contributed by atoms with Gasteiger partial charge in [-0.25, -0.2) is 14.4 Å². The van der Waals surface area contributed by atoms with Gasteiger partial charge in [0.15, 0.2) is 6.04 Å². The largest absolute Gasteiger partial charge is 0.445 e. The highest BCUT2D eigenvalue weighted by Crippen LogP contribution is 2.27. The molecule has 0 spiro atoms. The fourth-order valence-corrected chi connectivity index (χ4v) is 3.91. The van der Waals surface area contributed by atoms with Gasteiger partial charge in [0.25, 0.3) is 0 Å². The number of benzene rings is 4. The molecular weight excluding hydrogens is 458 g/mol. The minimum absolute atomic E-state index is 0.0564. The zero-order valence-corrected chi connectivity index (χ0v) is 19.0. The van der Waals surface area contributed by atoms with Crippen molar-refractivity contribution in [3.8, 4) is 5.75 Å². The number of ether oxygens (including phenoxy) is 2. The number of nitrogens with one attached hydrogen (secondary N) is 1. The van der Waals surface area contributed by atoms with E-state index in [-0.39, 0.29) is 17.9 Å². The molecule has 7 nitrogen and oxygen atoms in total. The topological polar surface area (TPSA) is 94.8 Å². The molecular formula is C29H21NO6. The Bertz CT molecular complexity index is 1590. The predicted octanol–water partition coefficient (Wildman–Crippen LogP) is 5.52. The molecule has 0 radical (unpaired) electrons. The molecule has 0 aliphatic rings. The summed E-state index contributed by atoms with van der Waals surface area (Å²) < 4.78 is 16.3. The standard InChI is InChI=1S/C29H21NO6/c31-27-24-14-8-7-13-22(24)23-16-15-21(17-25(23)36-27)35-28(32)26(20-11-5-2-6-12-20)30-29(33)34-18-19-9-3-1-4-10-19/h1-17,26H,18H2,(H,30,33)/t26-/m1/s1. The lowest BCUT2D eigenvalue weighted by Gasteiger charge is -2.18. The third-order valence-electron chi connectivity index (χ3n) is 5.65. The van der Waals surface area contributed by atoms with E-state index < -0.39 is 23.7 Å². The molecule has 178 valence electrons. The third kappa shape index (κ3) is 4.95. The highest BCUT2D eigenvalue weighted by Gasteiger charge is 2.26. The summed E-state index contributed by atoms with van der Waals surface area (Å²) in [5, 5.41) is 4.51. The number of esters is 1. The van der Waals surface area contributed by atoms with Crippen LogP contribution in [0.4, 0.5) is 4.79 Å². The van der Waals surface area contributed by atoms with Gasteiger partial charge < -0.3 is 19.2 Å². The molecule has 0 bridgehead atoms. The van der Waals surface area contributed by atoms with E-state index in [9.17, 15) is 14.4 Å².